The van der Waals surface area contributed by atoms with E-state index in [1.165, 1.54) is 24.3 Å². The van der Waals surface area contributed by atoms with Crippen LogP contribution in [0, 0.1) is 12.7 Å². The molecular formula is C20H17F3N4O3S. The molecule has 4 rings (SSSR count). The fourth-order valence-electron chi connectivity index (χ4n) is 2.86. The summed E-state index contributed by atoms with van der Waals surface area (Å²) in [4.78, 5) is 17.4. The summed E-state index contributed by atoms with van der Waals surface area (Å²) in [6.07, 6.45) is -0.334. The fourth-order valence-corrected chi connectivity index (χ4v) is 3.79. The number of thiazole rings is 1. The van der Waals surface area contributed by atoms with E-state index in [1.54, 1.807) is 13.0 Å². The van der Waals surface area contributed by atoms with E-state index in [4.69, 9.17) is 4.74 Å². The van der Waals surface area contributed by atoms with Crippen molar-refractivity contribution < 1.29 is 27.8 Å². The Labute approximate surface area is 178 Å². The van der Waals surface area contributed by atoms with E-state index in [0.29, 0.717) is 32.0 Å². The van der Waals surface area contributed by atoms with Crippen LogP contribution in [0.3, 0.4) is 0 Å². The zero-order valence-corrected chi connectivity index (χ0v) is 17.5. The maximum absolute atomic E-state index is 14.4. The third-order valence-corrected chi connectivity index (χ3v) is 5.49. The maximum atomic E-state index is 14.4. The molecule has 0 saturated heterocycles. The predicted molar refractivity (Wildman–Crippen MR) is 109 cm³/mol. The van der Waals surface area contributed by atoms with Crippen molar-refractivity contribution in [2.24, 2.45) is 0 Å². The van der Waals surface area contributed by atoms with Gasteiger partial charge >= 0.3 is 6.61 Å². The Morgan fingerprint density at radius 2 is 1.81 bits per heavy atom. The number of alkyl halides is 2. The van der Waals surface area contributed by atoms with Crippen molar-refractivity contribution in [3.8, 4) is 22.3 Å². The number of aliphatic hydroxyl groups is 1. The molecule has 0 aliphatic rings. The molecule has 0 amide bonds. The van der Waals surface area contributed by atoms with Gasteiger partial charge in [-0.15, -0.1) is 0 Å². The summed E-state index contributed by atoms with van der Waals surface area (Å²) in [7, 11) is 0. The molecule has 3 heterocycles. The van der Waals surface area contributed by atoms with Gasteiger partial charge in [0.1, 0.15) is 21.5 Å². The fraction of sp³-hybridized carbons (Fsp3) is 0.300. The summed E-state index contributed by atoms with van der Waals surface area (Å²) in [5.41, 5.74) is 2.54. The number of aryl methyl sites for hydroxylation is 1. The molecule has 0 aliphatic carbocycles. The Balaban J connectivity index is 1.79. The van der Waals surface area contributed by atoms with Crippen molar-refractivity contribution >= 4 is 32.7 Å². The van der Waals surface area contributed by atoms with Crippen molar-refractivity contribution in [2.45, 2.75) is 39.6 Å². The molecule has 0 unspecified atom stereocenters. The number of rotatable bonds is 6. The van der Waals surface area contributed by atoms with E-state index in [0.717, 1.165) is 11.8 Å². The minimum absolute atomic E-state index is 0.223. The Morgan fingerprint density at radius 1 is 1.03 bits per heavy atom. The van der Waals surface area contributed by atoms with Crippen LogP contribution in [0.25, 0.3) is 32.0 Å². The van der Waals surface area contributed by atoms with Gasteiger partial charge in [0, 0.05) is 11.6 Å². The molecule has 7 nitrogen and oxygen atoms in total. The van der Waals surface area contributed by atoms with Gasteiger partial charge in [0.2, 0.25) is 5.88 Å². The van der Waals surface area contributed by atoms with Gasteiger partial charge in [-0.1, -0.05) is 11.3 Å². The van der Waals surface area contributed by atoms with Gasteiger partial charge in [0.15, 0.2) is 5.82 Å². The van der Waals surface area contributed by atoms with Gasteiger partial charge in [-0.2, -0.15) is 13.8 Å². The average molecular weight is 450 g/mol. The minimum Gasteiger partial charge on any atom is -0.470 e. The summed E-state index contributed by atoms with van der Waals surface area (Å²) in [6, 6.07) is 4.73. The summed E-state index contributed by atoms with van der Waals surface area (Å²) in [5, 5.41) is 10.1. The first-order valence-corrected chi connectivity index (χ1v) is 10.1. The number of fused-ring (bicyclic) bond motifs is 2. The van der Waals surface area contributed by atoms with E-state index in [9.17, 15) is 18.3 Å². The van der Waals surface area contributed by atoms with Gasteiger partial charge in [0.25, 0.3) is 5.88 Å². The smallest absolute Gasteiger partial charge is 0.388 e. The molecule has 2 atom stereocenters. The van der Waals surface area contributed by atoms with Gasteiger partial charge < -0.3 is 14.6 Å². The Kier molecular flexibility index (Phi) is 5.63. The van der Waals surface area contributed by atoms with Crippen LogP contribution in [0.2, 0.25) is 0 Å². The second-order valence-electron chi connectivity index (χ2n) is 6.95. The van der Waals surface area contributed by atoms with Crippen LogP contribution in [0.4, 0.5) is 13.2 Å². The Hall–Kier alpha value is -3.05. The highest BCUT2D eigenvalue weighted by Gasteiger charge is 2.19. The lowest BCUT2D eigenvalue weighted by Gasteiger charge is -2.16. The lowest BCUT2D eigenvalue weighted by atomic mass is 10.1. The van der Waals surface area contributed by atoms with Crippen LogP contribution >= 0.6 is 11.3 Å². The second-order valence-corrected chi connectivity index (χ2v) is 7.93. The molecule has 1 N–H and O–H groups in total. The van der Waals surface area contributed by atoms with Crippen LogP contribution in [0.5, 0.6) is 11.8 Å². The van der Waals surface area contributed by atoms with Crippen molar-refractivity contribution in [3.05, 3.63) is 35.8 Å². The molecule has 0 aliphatic heterocycles. The normalized spacial score (nSPS) is 13.7. The first kappa shape index (κ1) is 21.2. The minimum atomic E-state index is -3.01. The lowest BCUT2D eigenvalue weighted by molar-refractivity contribution is -0.0528. The number of aromatic nitrogens is 4. The van der Waals surface area contributed by atoms with Crippen molar-refractivity contribution in [3.63, 3.8) is 0 Å². The highest BCUT2D eigenvalue weighted by molar-refractivity contribution is 7.21. The molecule has 4 aromatic rings. The first-order valence-electron chi connectivity index (χ1n) is 9.25. The van der Waals surface area contributed by atoms with Gasteiger partial charge in [-0.3, -0.25) is 0 Å². The van der Waals surface area contributed by atoms with Crippen LogP contribution in [-0.4, -0.2) is 43.9 Å². The molecule has 0 fully saturated rings. The highest BCUT2D eigenvalue weighted by atomic mass is 32.1. The van der Waals surface area contributed by atoms with Gasteiger partial charge in [-0.05, 0) is 38.5 Å². The summed E-state index contributed by atoms with van der Waals surface area (Å²) in [6.45, 7) is 1.96. The standard InChI is InChI=1S/C20H17F3N4O3S/c1-8-4-11(16-13(5-8)25-15(7-24-16)30-20(22)23)18-26-14-6-12(21)17(27-19(14)31-18)29-10(3)9(2)28/h4-7,9-10,20,28H,1-3H3/t9-,10+/m1/s1. The highest BCUT2D eigenvalue weighted by Crippen LogP contribution is 2.35. The number of aliphatic hydroxyl groups excluding tert-OH is 1. The maximum Gasteiger partial charge on any atom is 0.388 e. The van der Waals surface area contributed by atoms with Crippen molar-refractivity contribution in [1.82, 2.24) is 19.9 Å². The summed E-state index contributed by atoms with van der Waals surface area (Å²) < 4.78 is 49.1. The molecule has 1 aromatic carbocycles. The number of pyridine rings is 1. The Morgan fingerprint density at radius 3 is 2.52 bits per heavy atom. The molecular weight excluding hydrogens is 433 g/mol. The van der Waals surface area contributed by atoms with E-state index < -0.39 is 24.6 Å². The van der Waals surface area contributed by atoms with Crippen molar-refractivity contribution in [2.75, 3.05) is 0 Å². The van der Waals surface area contributed by atoms with E-state index in [2.05, 4.69) is 24.7 Å². The zero-order chi connectivity index (χ0) is 22.3. The molecule has 3 aromatic heterocycles. The number of nitrogens with zero attached hydrogens (tertiary/aromatic N) is 4. The monoisotopic (exact) mass is 450 g/mol. The lowest BCUT2D eigenvalue weighted by Crippen LogP contribution is -2.26. The third-order valence-electron chi connectivity index (χ3n) is 4.49. The average Bonchev–Trinajstić information content (AvgIpc) is 3.09. The van der Waals surface area contributed by atoms with Crippen LogP contribution in [0.15, 0.2) is 24.4 Å². The molecule has 0 spiro atoms. The largest absolute Gasteiger partial charge is 0.470 e. The van der Waals surface area contributed by atoms with E-state index >= 15 is 0 Å². The summed E-state index contributed by atoms with van der Waals surface area (Å²) >= 11 is 1.20. The zero-order valence-electron chi connectivity index (χ0n) is 16.6. The van der Waals surface area contributed by atoms with Crippen LogP contribution in [0.1, 0.15) is 19.4 Å². The molecule has 162 valence electrons. The molecule has 0 saturated carbocycles. The van der Waals surface area contributed by atoms with Gasteiger partial charge in [-0.25, -0.2) is 19.3 Å². The SMILES string of the molecule is Cc1cc(-c2nc3cc(F)c(O[C@@H](C)[C@@H](C)O)nc3s2)c2ncc(OC(F)F)nc2c1. The number of benzene rings is 1. The second kappa shape index (κ2) is 8.23. The van der Waals surface area contributed by atoms with Crippen molar-refractivity contribution in [1.29, 1.82) is 0 Å². The summed E-state index contributed by atoms with van der Waals surface area (Å²) in [5.74, 6) is -1.21. The van der Waals surface area contributed by atoms with E-state index in [1.807, 2.05) is 13.0 Å². The molecule has 11 heteroatoms. The number of halogens is 3. The third kappa shape index (κ3) is 4.37. The molecule has 31 heavy (non-hydrogen) atoms. The number of ether oxygens (including phenoxy) is 2. The van der Waals surface area contributed by atoms with E-state index in [-0.39, 0.29) is 11.8 Å². The number of hydrogen-bond donors (Lipinski definition) is 1. The number of hydrogen-bond acceptors (Lipinski definition) is 8. The first-order chi connectivity index (χ1) is 14.7. The molecule has 0 radical (unpaired) electrons. The quantitative estimate of drug-likeness (QED) is 0.463. The van der Waals surface area contributed by atoms with Crippen LogP contribution < -0.4 is 9.47 Å². The predicted octanol–water partition coefficient (Wildman–Crippen LogP) is 4.50. The van der Waals surface area contributed by atoms with Crippen LogP contribution in [-0.2, 0) is 0 Å². The Bertz CT molecular complexity index is 1270. The van der Waals surface area contributed by atoms with Gasteiger partial charge in [0.05, 0.1) is 23.3 Å². The topological polar surface area (TPSA) is 90.2 Å². The molecule has 0 bridgehead atoms.